The fraction of sp³-hybridized carbons (Fsp3) is 1.00. The maximum Gasteiger partial charge on any atom is 0.0814 e. The second kappa shape index (κ2) is 3.49. The van der Waals surface area contributed by atoms with Crippen molar-refractivity contribution < 1.29 is 9.84 Å². The van der Waals surface area contributed by atoms with Gasteiger partial charge in [0, 0.05) is 0 Å². The van der Waals surface area contributed by atoms with Crippen LogP contribution in [0.2, 0.25) is 0 Å². The first kappa shape index (κ1) is 10.4. The molecule has 0 bridgehead atoms. The Labute approximate surface area is 86.6 Å². The van der Waals surface area contributed by atoms with E-state index in [4.69, 9.17) is 9.84 Å². The zero-order valence-electron chi connectivity index (χ0n) is 9.38. The highest BCUT2D eigenvalue weighted by Gasteiger charge is 2.45. The van der Waals surface area contributed by atoms with Crippen LogP contribution in [0.15, 0.2) is 0 Å². The molecule has 0 aromatic heterocycles. The van der Waals surface area contributed by atoms with Gasteiger partial charge in [-0.25, -0.2) is 0 Å². The van der Waals surface area contributed by atoms with Gasteiger partial charge in [-0.3, -0.25) is 0 Å². The van der Waals surface area contributed by atoms with E-state index >= 15 is 0 Å². The second-order valence-corrected chi connectivity index (χ2v) is 5.84. The van der Waals surface area contributed by atoms with Crippen molar-refractivity contribution in [3.05, 3.63) is 0 Å². The van der Waals surface area contributed by atoms with Crippen molar-refractivity contribution >= 4 is 0 Å². The van der Waals surface area contributed by atoms with Gasteiger partial charge in [-0.1, -0.05) is 20.3 Å². The van der Waals surface area contributed by atoms with Gasteiger partial charge in [0.05, 0.1) is 18.3 Å². The van der Waals surface area contributed by atoms with Gasteiger partial charge in [0.2, 0.25) is 0 Å². The minimum Gasteiger partial charge on any atom is -0.394 e. The van der Waals surface area contributed by atoms with Gasteiger partial charge in [-0.15, -0.1) is 0 Å². The fourth-order valence-electron chi connectivity index (χ4n) is 3.28. The SMILES string of the molecule is CC1(C)CCC[C@]2(CC[C@@H](CO)O2)C1. The van der Waals surface area contributed by atoms with Gasteiger partial charge in [0.15, 0.2) is 0 Å². The van der Waals surface area contributed by atoms with E-state index < -0.39 is 0 Å². The molecule has 14 heavy (non-hydrogen) atoms. The van der Waals surface area contributed by atoms with E-state index in [9.17, 15) is 0 Å². The van der Waals surface area contributed by atoms with Crippen molar-refractivity contribution in [3.63, 3.8) is 0 Å². The van der Waals surface area contributed by atoms with Crippen molar-refractivity contribution in [2.24, 2.45) is 5.41 Å². The Morgan fingerprint density at radius 2 is 2.07 bits per heavy atom. The van der Waals surface area contributed by atoms with Crippen LogP contribution in [-0.2, 0) is 4.74 Å². The lowest BCUT2D eigenvalue weighted by molar-refractivity contribution is -0.101. The minimum absolute atomic E-state index is 0.115. The Hall–Kier alpha value is -0.0800. The molecule has 1 N–H and O–H groups in total. The van der Waals surface area contributed by atoms with Crippen LogP contribution in [0, 0.1) is 5.41 Å². The quantitative estimate of drug-likeness (QED) is 0.701. The summed E-state index contributed by atoms with van der Waals surface area (Å²) >= 11 is 0. The number of aliphatic hydroxyl groups excluding tert-OH is 1. The summed E-state index contributed by atoms with van der Waals surface area (Å²) in [4.78, 5) is 0. The monoisotopic (exact) mass is 198 g/mol. The standard InChI is InChI=1S/C12H22O2/c1-11(2)5-3-6-12(9-11)7-4-10(8-13)14-12/h10,13H,3-9H2,1-2H3/t10-,12-/m0/s1. The fourth-order valence-corrected chi connectivity index (χ4v) is 3.28. The average molecular weight is 198 g/mol. The molecule has 0 unspecified atom stereocenters. The average Bonchev–Trinajstić information content (AvgIpc) is 2.46. The van der Waals surface area contributed by atoms with Gasteiger partial charge >= 0.3 is 0 Å². The predicted molar refractivity (Wildman–Crippen MR) is 56.2 cm³/mol. The summed E-state index contributed by atoms with van der Waals surface area (Å²) < 4.78 is 6.02. The molecule has 0 amide bonds. The van der Waals surface area contributed by atoms with Gasteiger partial charge in [0.1, 0.15) is 0 Å². The van der Waals surface area contributed by atoms with E-state index in [-0.39, 0.29) is 18.3 Å². The van der Waals surface area contributed by atoms with Crippen LogP contribution in [0.25, 0.3) is 0 Å². The summed E-state index contributed by atoms with van der Waals surface area (Å²) in [6, 6.07) is 0. The molecule has 2 nitrogen and oxygen atoms in total. The summed E-state index contributed by atoms with van der Waals surface area (Å²) in [7, 11) is 0. The lowest BCUT2D eigenvalue weighted by Crippen LogP contribution is -2.39. The molecule has 1 aliphatic heterocycles. The molecule has 1 heterocycles. The Kier molecular flexibility index (Phi) is 2.61. The van der Waals surface area contributed by atoms with Crippen LogP contribution < -0.4 is 0 Å². The Morgan fingerprint density at radius 1 is 1.29 bits per heavy atom. The third-order valence-electron chi connectivity index (χ3n) is 3.83. The van der Waals surface area contributed by atoms with Gasteiger partial charge < -0.3 is 9.84 Å². The second-order valence-electron chi connectivity index (χ2n) is 5.84. The maximum atomic E-state index is 9.09. The lowest BCUT2D eigenvalue weighted by atomic mass is 9.69. The zero-order chi connectivity index (χ0) is 10.2. The van der Waals surface area contributed by atoms with E-state index in [1.807, 2.05) is 0 Å². The molecule has 2 heteroatoms. The van der Waals surface area contributed by atoms with Gasteiger partial charge in [0.25, 0.3) is 0 Å². The summed E-state index contributed by atoms with van der Waals surface area (Å²) in [6.45, 7) is 4.87. The normalized spacial score (nSPS) is 41.8. The summed E-state index contributed by atoms with van der Waals surface area (Å²) in [5, 5.41) is 9.09. The number of hydrogen-bond donors (Lipinski definition) is 1. The highest BCUT2D eigenvalue weighted by atomic mass is 16.5. The molecule has 2 atom stereocenters. The summed E-state index contributed by atoms with van der Waals surface area (Å²) in [5.74, 6) is 0. The Bertz CT molecular complexity index is 212. The van der Waals surface area contributed by atoms with Crippen molar-refractivity contribution in [1.82, 2.24) is 0 Å². The van der Waals surface area contributed by atoms with Crippen LogP contribution in [0.5, 0.6) is 0 Å². The van der Waals surface area contributed by atoms with E-state index in [0.717, 1.165) is 12.8 Å². The smallest absolute Gasteiger partial charge is 0.0814 e. The van der Waals surface area contributed by atoms with Crippen molar-refractivity contribution in [2.45, 2.75) is 64.1 Å². The third kappa shape index (κ3) is 1.96. The third-order valence-corrected chi connectivity index (χ3v) is 3.83. The highest BCUT2D eigenvalue weighted by Crippen LogP contribution is 2.48. The van der Waals surface area contributed by atoms with E-state index in [2.05, 4.69) is 13.8 Å². The van der Waals surface area contributed by atoms with Crippen molar-refractivity contribution in [1.29, 1.82) is 0 Å². The predicted octanol–water partition coefficient (Wildman–Crippen LogP) is 2.50. The molecule has 0 aromatic rings. The zero-order valence-corrected chi connectivity index (χ0v) is 9.38. The Morgan fingerprint density at radius 3 is 2.64 bits per heavy atom. The number of aliphatic hydroxyl groups is 1. The molecular formula is C12H22O2. The first-order chi connectivity index (χ1) is 6.55. The van der Waals surface area contributed by atoms with Crippen LogP contribution in [-0.4, -0.2) is 23.4 Å². The van der Waals surface area contributed by atoms with Crippen molar-refractivity contribution in [3.8, 4) is 0 Å². The Balaban J connectivity index is 2.03. The maximum absolute atomic E-state index is 9.09. The van der Waals surface area contributed by atoms with E-state index in [1.54, 1.807) is 0 Å². The molecular weight excluding hydrogens is 176 g/mol. The molecule has 2 fully saturated rings. The molecule has 1 saturated carbocycles. The molecule has 0 radical (unpaired) electrons. The minimum atomic E-state index is 0.115. The van der Waals surface area contributed by atoms with Crippen LogP contribution >= 0.6 is 0 Å². The van der Waals surface area contributed by atoms with Crippen LogP contribution in [0.3, 0.4) is 0 Å². The van der Waals surface area contributed by atoms with E-state index in [0.29, 0.717) is 5.41 Å². The topological polar surface area (TPSA) is 29.5 Å². The first-order valence-corrected chi connectivity index (χ1v) is 5.84. The summed E-state index contributed by atoms with van der Waals surface area (Å²) in [6.07, 6.45) is 7.30. The van der Waals surface area contributed by atoms with Gasteiger partial charge in [-0.05, 0) is 37.5 Å². The number of ether oxygens (including phenoxy) is 1. The number of hydrogen-bond acceptors (Lipinski definition) is 2. The molecule has 1 spiro atoms. The molecule has 2 rings (SSSR count). The highest BCUT2D eigenvalue weighted by molar-refractivity contribution is 4.96. The molecule has 0 aromatic carbocycles. The molecule has 2 aliphatic rings. The molecule has 1 saturated heterocycles. The molecule has 82 valence electrons. The lowest BCUT2D eigenvalue weighted by Gasteiger charge is -2.42. The molecule has 1 aliphatic carbocycles. The van der Waals surface area contributed by atoms with Crippen LogP contribution in [0.4, 0.5) is 0 Å². The van der Waals surface area contributed by atoms with Crippen molar-refractivity contribution in [2.75, 3.05) is 6.61 Å². The number of rotatable bonds is 1. The largest absolute Gasteiger partial charge is 0.394 e. The van der Waals surface area contributed by atoms with E-state index in [1.165, 1.54) is 25.7 Å². The van der Waals surface area contributed by atoms with Crippen LogP contribution in [0.1, 0.15) is 52.4 Å². The summed E-state index contributed by atoms with van der Waals surface area (Å²) in [5.41, 5.74) is 0.553. The van der Waals surface area contributed by atoms with Gasteiger partial charge in [-0.2, -0.15) is 0 Å². The first-order valence-electron chi connectivity index (χ1n) is 5.84.